The predicted octanol–water partition coefficient (Wildman–Crippen LogP) is 3.55. The second-order valence-corrected chi connectivity index (χ2v) is 4.65. The molecule has 0 fully saturated rings. The summed E-state index contributed by atoms with van der Waals surface area (Å²) in [6.45, 7) is 2.05. The minimum atomic E-state index is 0.721. The third kappa shape index (κ3) is 2.96. The molecule has 0 aliphatic heterocycles. The van der Waals surface area contributed by atoms with Crippen molar-refractivity contribution >= 4 is 21.6 Å². The van der Waals surface area contributed by atoms with E-state index in [2.05, 4.69) is 26.1 Å². The van der Waals surface area contributed by atoms with E-state index in [1.807, 2.05) is 49.4 Å². The number of rotatable bonds is 3. The normalized spacial score (nSPS) is 11.4. The molecule has 2 rings (SSSR count). The van der Waals surface area contributed by atoms with Crippen LogP contribution in [0.5, 0.6) is 0 Å². The van der Waals surface area contributed by atoms with Crippen molar-refractivity contribution in [3.8, 4) is 0 Å². The molecule has 1 heterocycles. The van der Waals surface area contributed by atoms with Gasteiger partial charge in [-0.25, -0.2) is 4.98 Å². The van der Waals surface area contributed by atoms with E-state index in [-0.39, 0.29) is 0 Å². The minimum absolute atomic E-state index is 0.721. The summed E-state index contributed by atoms with van der Waals surface area (Å²) in [6.07, 6.45) is 0. The van der Waals surface area contributed by atoms with Gasteiger partial charge in [0, 0.05) is 5.56 Å². The maximum absolute atomic E-state index is 4.92. The summed E-state index contributed by atoms with van der Waals surface area (Å²) < 4.78 is 0.774. The molecule has 18 heavy (non-hydrogen) atoms. The summed E-state index contributed by atoms with van der Waals surface area (Å²) in [5.74, 6) is 0. The molecule has 0 unspecified atom stereocenters. The zero-order valence-electron chi connectivity index (χ0n) is 10.2. The van der Waals surface area contributed by atoms with Crippen molar-refractivity contribution < 1.29 is 4.84 Å². The zero-order valence-corrected chi connectivity index (χ0v) is 11.8. The first-order chi connectivity index (χ1) is 8.70. The highest BCUT2D eigenvalue weighted by Crippen LogP contribution is 2.13. The lowest BCUT2D eigenvalue weighted by Gasteiger charge is -2.06. The van der Waals surface area contributed by atoms with Gasteiger partial charge in [-0.1, -0.05) is 41.1 Å². The second-order valence-electron chi connectivity index (χ2n) is 3.83. The second kappa shape index (κ2) is 5.78. The van der Waals surface area contributed by atoms with E-state index in [0.29, 0.717) is 0 Å². The number of aryl methyl sites for hydroxylation is 1. The molecule has 0 bridgehead atoms. The summed E-state index contributed by atoms with van der Waals surface area (Å²) in [4.78, 5) is 9.31. The van der Waals surface area contributed by atoms with Crippen molar-refractivity contribution in [2.24, 2.45) is 5.16 Å². The molecule has 0 saturated carbocycles. The van der Waals surface area contributed by atoms with Gasteiger partial charge in [0.1, 0.15) is 17.4 Å². The third-order valence-electron chi connectivity index (χ3n) is 2.47. The number of benzene rings is 1. The van der Waals surface area contributed by atoms with Gasteiger partial charge in [0.2, 0.25) is 0 Å². The van der Waals surface area contributed by atoms with Crippen molar-refractivity contribution in [1.82, 2.24) is 4.98 Å². The minimum Gasteiger partial charge on any atom is -0.399 e. The smallest absolute Gasteiger partial charge is 0.135 e. The molecule has 1 aromatic carbocycles. The van der Waals surface area contributed by atoms with E-state index in [4.69, 9.17) is 4.84 Å². The summed E-state index contributed by atoms with van der Waals surface area (Å²) in [7, 11) is 1.53. The van der Waals surface area contributed by atoms with Crippen LogP contribution in [0.1, 0.15) is 16.8 Å². The fraction of sp³-hybridized carbons (Fsp3) is 0.143. The van der Waals surface area contributed by atoms with E-state index in [1.165, 1.54) is 12.7 Å². The maximum Gasteiger partial charge on any atom is 0.135 e. The molecular weight excluding hydrogens is 292 g/mol. The Kier molecular flexibility index (Phi) is 4.10. The Hall–Kier alpha value is -1.68. The van der Waals surface area contributed by atoms with Crippen LogP contribution < -0.4 is 0 Å². The van der Waals surface area contributed by atoms with Crippen LogP contribution in [-0.2, 0) is 4.84 Å². The number of nitrogens with zero attached hydrogens (tertiary/aromatic N) is 2. The van der Waals surface area contributed by atoms with Crippen LogP contribution >= 0.6 is 15.9 Å². The highest BCUT2D eigenvalue weighted by molar-refractivity contribution is 9.10. The van der Waals surface area contributed by atoms with Crippen LogP contribution in [0.15, 0.2) is 52.2 Å². The van der Waals surface area contributed by atoms with Crippen LogP contribution in [0.4, 0.5) is 0 Å². The van der Waals surface area contributed by atoms with Crippen LogP contribution in [0, 0.1) is 6.92 Å². The van der Waals surface area contributed by atoms with E-state index in [0.717, 1.165) is 21.6 Å². The predicted molar refractivity (Wildman–Crippen MR) is 75.8 cm³/mol. The van der Waals surface area contributed by atoms with Gasteiger partial charge in [-0.15, -0.1) is 0 Å². The summed E-state index contributed by atoms with van der Waals surface area (Å²) in [6, 6.07) is 13.8. The van der Waals surface area contributed by atoms with Crippen LogP contribution in [0.25, 0.3) is 0 Å². The number of pyridine rings is 1. The molecule has 0 spiro atoms. The molecule has 2 aromatic rings. The van der Waals surface area contributed by atoms with Gasteiger partial charge in [0.25, 0.3) is 0 Å². The highest BCUT2D eigenvalue weighted by Gasteiger charge is 2.09. The van der Waals surface area contributed by atoms with Gasteiger partial charge in [-0.05, 0) is 35.0 Å². The lowest BCUT2D eigenvalue weighted by Crippen LogP contribution is -2.06. The van der Waals surface area contributed by atoms with E-state index in [1.54, 1.807) is 0 Å². The lowest BCUT2D eigenvalue weighted by molar-refractivity contribution is 0.214. The van der Waals surface area contributed by atoms with Crippen LogP contribution in [0.2, 0.25) is 0 Å². The molecule has 92 valence electrons. The Morgan fingerprint density at radius 1 is 1.17 bits per heavy atom. The Bertz CT molecular complexity index is 564. The number of hydrogen-bond donors (Lipinski definition) is 0. The van der Waals surface area contributed by atoms with E-state index in [9.17, 15) is 0 Å². The molecule has 4 heteroatoms. The van der Waals surface area contributed by atoms with Gasteiger partial charge < -0.3 is 4.84 Å². The molecule has 0 amide bonds. The molecule has 0 aliphatic rings. The van der Waals surface area contributed by atoms with Crippen molar-refractivity contribution in [1.29, 1.82) is 0 Å². The number of aromatic nitrogens is 1. The highest BCUT2D eigenvalue weighted by atomic mass is 79.9. The molecule has 1 aromatic heterocycles. The molecule has 0 N–H and O–H groups in total. The SMILES string of the molecule is CON=C(c1ccc(C)cc1)c1cccc(Br)n1. The largest absolute Gasteiger partial charge is 0.399 e. The zero-order chi connectivity index (χ0) is 13.0. The Morgan fingerprint density at radius 3 is 2.50 bits per heavy atom. The van der Waals surface area contributed by atoms with Gasteiger partial charge in [-0.3, -0.25) is 0 Å². The van der Waals surface area contributed by atoms with Gasteiger partial charge in [-0.2, -0.15) is 0 Å². The standard InChI is InChI=1S/C14H13BrN2O/c1-10-6-8-11(9-7-10)14(17-18-2)12-4-3-5-13(15)16-12/h3-9H,1-2H3. The van der Waals surface area contributed by atoms with Gasteiger partial charge in [0.15, 0.2) is 0 Å². The first-order valence-corrected chi connectivity index (χ1v) is 6.31. The molecule has 0 atom stereocenters. The molecular formula is C14H13BrN2O. The average Bonchev–Trinajstić information content (AvgIpc) is 2.37. The number of hydrogen-bond acceptors (Lipinski definition) is 3. The van der Waals surface area contributed by atoms with Gasteiger partial charge >= 0.3 is 0 Å². The Balaban J connectivity index is 2.47. The van der Waals surface area contributed by atoms with E-state index < -0.39 is 0 Å². The molecule has 0 aliphatic carbocycles. The quantitative estimate of drug-likeness (QED) is 0.494. The van der Waals surface area contributed by atoms with E-state index >= 15 is 0 Å². The number of halogens is 1. The monoisotopic (exact) mass is 304 g/mol. The topological polar surface area (TPSA) is 34.5 Å². The fourth-order valence-electron chi connectivity index (χ4n) is 1.59. The average molecular weight is 305 g/mol. The van der Waals surface area contributed by atoms with Crippen molar-refractivity contribution in [3.63, 3.8) is 0 Å². The summed E-state index contributed by atoms with van der Waals surface area (Å²) >= 11 is 3.36. The lowest BCUT2D eigenvalue weighted by atomic mass is 10.1. The van der Waals surface area contributed by atoms with Crippen LogP contribution in [0.3, 0.4) is 0 Å². The van der Waals surface area contributed by atoms with Crippen molar-refractivity contribution in [3.05, 3.63) is 63.9 Å². The van der Waals surface area contributed by atoms with Crippen molar-refractivity contribution in [2.45, 2.75) is 6.92 Å². The summed E-state index contributed by atoms with van der Waals surface area (Å²) in [5, 5.41) is 4.07. The van der Waals surface area contributed by atoms with Gasteiger partial charge in [0.05, 0.1) is 5.69 Å². The summed E-state index contributed by atoms with van der Waals surface area (Å²) in [5.41, 5.74) is 3.68. The molecule has 3 nitrogen and oxygen atoms in total. The van der Waals surface area contributed by atoms with Crippen molar-refractivity contribution in [2.75, 3.05) is 7.11 Å². The first-order valence-electron chi connectivity index (χ1n) is 5.52. The molecule has 0 radical (unpaired) electrons. The van der Waals surface area contributed by atoms with Crippen LogP contribution in [-0.4, -0.2) is 17.8 Å². The Morgan fingerprint density at radius 2 is 1.89 bits per heavy atom. The number of oxime groups is 1. The first kappa shape index (κ1) is 12.8. The molecule has 0 saturated heterocycles. The fourth-order valence-corrected chi connectivity index (χ4v) is 1.93. The third-order valence-corrected chi connectivity index (χ3v) is 2.91. The Labute approximate surface area is 115 Å². The maximum atomic E-state index is 4.92.